The van der Waals surface area contributed by atoms with E-state index in [0.717, 1.165) is 5.57 Å². The molecule has 0 saturated heterocycles. The molecule has 0 aliphatic carbocycles. The summed E-state index contributed by atoms with van der Waals surface area (Å²) in [6.45, 7) is 3.93. The van der Waals surface area contributed by atoms with Gasteiger partial charge in [-0.1, -0.05) is 11.6 Å². The predicted molar refractivity (Wildman–Crippen MR) is 69.6 cm³/mol. The Hall–Kier alpha value is -1.97. The van der Waals surface area contributed by atoms with Crippen LogP contribution in [-0.4, -0.2) is 25.3 Å². The lowest BCUT2D eigenvalue weighted by atomic mass is 10.0. The number of hydrogen-bond donors (Lipinski definition) is 1. The summed E-state index contributed by atoms with van der Waals surface area (Å²) in [6, 6.07) is 3.14. The zero-order chi connectivity index (χ0) is 13.7. The van der Waals surface area contributed by atoms with Gasteiger partial charge in [0.15, 0.2) is 11.5 Å². The number of ether oxygens (including phenoxy) is 2. The highest BCUT2D eigenvalue weighted by atomic mass is 16.5. The molecule has 0 bridgehead atoms. The molecular weight excluding hydrogens is 232 g/mol. The van der Waals surface area contributed by atoms with Gasteiger partial charge in [0, 0.05) is 5.56 Å². The average Bonchev–Trinajstić information content (AvgIpc) is 2.34. The number of aromatic carboxylic acids is 1. The van der Waals surface area contributed by atoms with Crippen LogP contribution in [0, 0.1) is 0 Å². The van der Waals surface area contributed by atoms with Gasteiger partial charge in [-0.3, -0.25) is 0 Å². The normalized spacial score (nSPS) is 9.78. The first kappa shape index (κ1) is 14.1. The molecule has 0 atom stereocenters. The van der Waals surface area contributed by atoms with Crippen LogP contribution in [0.25, 0.3) is 0 Å². The van der Waals surface area contributed by atoms with Gasteiger partial charge in [0.2, 0.25) is 0 Å². The lowest BCUT2D eigenvalue weighted by molar-refractivity contribution is 0.0695. The zero-order valence-corrected chi connectivity index (χ0v) is 11.1. The van der Waals surface area contributed by atoms with Crippen LogP contribution in [-0.2, 0) is 6.42 Å². The maximum atomic E-state index is 11.2. The minimum Gasteiger partial charge on any atom is -0.493 e. The summed E-state index contributed by atoms with van der Waals surface area (Å²) in [6.07, 6.45) is 2.47. The van der Waals surface area contributed by atoms with Gasteiger partial charge in [0.05, 0.1) is 19.8 Å². The largest absolute Gasteiger partial charge is 0.493 e. The monoisotopic (exact) mass is 250 g/mol. The highest BCUT2D eigenvalue weighted by Gasteiger charge is 2.18. The number of rotatable bonds is 5. The van der Waals surface area contributed by atoms with Crippen molar-refractivity contribution in [2.75, 3.05) is 14.2 Å². The van der Waals surface area contributed by atoms with Gasteiger partial charge in [-0.25, -0.2) is 4.79 Å². The molecule has 0 fully saturated rings. The van der Waals surface area contributed by atoms with E-state index in [2.05, 4.69) is 0 Å². The van der Waals surface area contributed by atoms with E-state index in [9.17, 15) is 9.90 Å². The van der Waals surface area contributed by atoms with Gasteiger partial charge >= 0.3 is 5.97 Å². The Morgan fingerprint density at radius 1 is 1.28 bits per heavy atom. The summed E-state index contributed by atoms with van der Waals surface area (Å²) < 4.78 is 10.5. The van der Waals surface area contributed by atoms with Crippen molar-refractivity contribution in [1.29, 1.82) is 0 Å². The summed E-state index contributed by atoms with van der Waals surface area (Å²) in [5.74, 6) is 0.0580. The lowest BCUT2D eigenvalue weighted by Gasteiger charge is -2.14. The molecule has 1 N–H and O–H groups in total. The molecule has 98 valence electrons. The molecule has 0 heterocycles. The molecular formula is C14H18O4. The van der Waals surface area contributed by atoms with Crippen LogP contribution in [0.5, 0.6) is 11.5 Å². The van der Waals surface area contributed by atoms with Crippen LogP contribution in [0.4, 0.5) is 0 Å². The lowest BCUT2D eigenvalue weighted by Crippen LogP contribution is -2.05. The molecule has 0 amide bonds. The number of benzene rings is 1. The minimum absolute atomic E-state index is 0.241. The second kappa shape index (κ2) is 6.10. The molecule has 0 radical (unpaired) electrons. The number of hydrogen-bond acceptors (Lipinski definition) is 3. The Balaban J connectivity index is 3.38. The molecule has 0 aliphatic rings. The van der Waals surface area contributed by atoms with E-state index in [-0.39, 0.29) is 5.56 Å². The highest BCUT2D eigenvalue weighted by Crippen LogP contribution is 2.34. The third kappa shape index (κ3) is 3.03. The molecule has 1 rings (SSSR count). The fourth-order valence-corrected chi connectivity index (χ4v) is 1.70. The van der Waals surface area contributed by atoms with Crippen molar-refractivity contribution in [3.8, 4) is 11.5 Å². The molecule has 0 aromatic heterocycles. The summed E-state index contributed by atoms with van der Waals surface area (Å²) >= 11 is 0. The maximum Gasteiger partial charge on any atom is 0.336 e. The zero-order valence-electron chi connectivity index (χ0n) is 11.1. The van der Waals surface area contributed by atoms with Gasteiger partial charge < -0.3 is 14.6 Å². The van der Waals surface area contributed by atoms with Crippen molar-refractivity contribution >= 4 is 5.97 Å². The fraction of sp³-hybridized carbons (Fsp3) is 0.357. The number of carbonyl (C=O) groups is 1. The van der Waals surface area contributed by atoms with Gasteiger partial charge in [0.1, 0.15) is 0 Å². The summed E-state index contributed by atoms with van der Waals surface area (Å²) in [5.41, 5.74) is 1.99. The van der Waals surface area contributed by atoms with Crippen LogP contribution in [0.1, 0.15) is 29.8 Å². The maximum absolute atomic E-state index is 11.2. The Morgan fingerprint density at radius 2 is 1.94 bits per heavy atom. The summed E-state index contributed by atoms with van der Waals surface area (Å²) in [7, 11) is 3.04. The predicted octanol–water partition coefficient (Wildman–Crippen LogP) is 2.91. The third-order valence-electron chi connectivity index (χ3n) is 2.59. The Labute approximate surface area is 107 Å². The Bertz CT molecular complexity index is 471. The van der Waals surface area contributed by atoms with Crippen LogP contribution in [0.15, 0.2) is 23.8 Å². The van der Waals surface area contributed by atoms with Crippen molar-refractivity contribution in [3.05, 3.63) is 34.9 Å². The second-order valence-corrected chi connectivity index (χ2v) is 4.12. The topological polar surface area (TPSA) is 55.8 Å². The first-order chi connectivity index (χ1) is 8.51. The number of carboxylic acids is 1. The smallest absolute Gasteiger partial charge is 0.336 e. The number of methoxy groups -OCH3 is 2. The van der Waals surface area contributed by atoms with Crippen molar-refractivity contribution in [2.45, 2.75) is 20.3 Å². The van der Waals surface area contributed by atoms with Crippen molar-refractivity contribution < 1.29 is 19.4 Å². The van der Waals surface area contributed by atoms with Gasteiger partial charge in [-0.2, -0.15) is 0 Å². The molecule has 0 saturated carbocycles. The van der Waals surface area contributed by atoms with Crippen molar-refractivity contribution in [3.63, 3.8) is 0 Å². The second-order valence-electron chi connectivity index (χ2n) is 4.12. The molecule has 0 spiro atoms. The first-order valence-corrected chi connectivity index (χ1v) is 5.61. The van der Waals surface area contributed by atoms with Crippen LogP contribution >= 0.6 is 0 Å². The van der Waals surface area contributed by atoms with E-state index in [4.69, 9.17) is 9.47 Å². The molecule has 18 heavy (non-hydrogen) atoms. The van der Waals surface area contributed by atoms with E-state index in [1.165, 1.54) is 20.3 Å². The van der Waals surface area contributed by atoms with E-state index in [0.29, 0.717) is 23.5 Å². The van der Waals surface area contributed by atoms with E-state index < -0.39 is 5.97 Å². The number of carboxylic acid groups (broad SMARTS) is 1. The van der Waals surface area contributed by atoms with E-state index >= 15 is 0 Å². The molecule has 4 nitrogen and oxygen atoms in total. The average molecular weight is 250 g/mol. The molecule has 1 aromatic carbocycles. The highest BCUT2D eigenvalue weighted by molar-refractivity contribution is 5.91. The quantitative estimate of drug-likeness (QED) is 0.816. The van der Waals surface area contributed by atoms with Gasteiger partial charge in [-0.15, -0.1) is 0 Å². The standard InChI is InChI=1S/C14H18O4/c1-9(2)5-6-10-11(14(15)16)7-8-12(17-3)13(10)18-4/h5,7-8H,6H2,1-4H3,(H,15,16). The minimum atomic E-state index is -0.965. The summed E-state index contributed by atoms with van der Waals surface area (Å²) in [4.78, 5) is 11.2. The summed E-state index contributed by atoms with van der Waals surface area (Å²) in [5, 5.41) is 9.20. The number of allylic oxidation sites excluding steroid dienone is 2. The van der Waals surface area contributed by atoms with Crippen LogP contribution in [0.3, 0.4) is 0 Å². The van der Waals surface area contributed by atoms with Gasteiger partial charge in [-0.05, 0) is 32.4 Å². The third-order valence-corrected chi connectivity index (χ3v) is 2.59. The molecule has 4 heteroatoms. The Kier molecular flexibility index (Phi) is 4.77. The van der Waals surface area contributed by atoms with Gasteiger partial charge in [0.25, 0.3) is 0 Å². The molecule has 0 unspecified atom stereocenters. The van der Waals surface area contributed by atoms with Crippen molar-refractivity contribution in [1.82, 2.24) is 0 Å². The molecule has 0 aliphatic heterocycles. The fourth-order valence-electron chi connectivity index (χ4n) is 1.70. The van der Waals surface area contributed by atoms with E-state index in [1.807, 2.05) is 19.9 Å². The SMILES string of the molecule is COc1ccc(C(=O)O)c(CC=C(C)C)c1OC. The molecule has 1 aromatic rings. The van der Waals surface area contributed by atoms with Crippen LogP contribution < -0.4 is 9.47 Å². The Morgan fingerprint density at radius 3 is 2.39 bits per heavy atom. The van der Waals surface area contributed by atoms with Crippen molar-refractivity contribution in [2.24, 2.45) is 0 Å². The van der Waals surface area contributed by atoms with E-state index in [1.54, 1.807) is 6.07 Å². The van der Waals surface area contributed by atoms with Crippen LogP contribution in [0.2, 0.25) is 0 Å². The first-order valence-electron chi connectivity index (χ1n) is 5.61.